The number of sulfonamides is 1. The van der Waals surface area contributed by atoms with Crippen LogP contribution in [0.4, 0.5) is 5.69 Å². The molecule has 2 aliphatic heterocycles. The number of hydrogen-bond donors (Lipinski definition) is 0. The van der Waals surface area contributed by atoms with Gasteiger partial charge in [0.15, 0.2) is 6.10 Å². The SMILES string of the molecule is CC1(C)CCCN(C(=O)[C@H]2CN(S(C)(=O)=O)c3cc(Cl)ccc3O2)C1. The van der Waals surface area contributed by atoms with Crippen molar-refractivity contribution in [1.29, 1.82) is 0 Å². The molecule has 0 aliphatic carbocycles. The highest BCUT2D eigenvalue weighted by Crippen LogP contribution is 2.38. The van der Waals surface area contributed by atoms with Crippen LogP contribution >= 0.6 is 11.6 Å². The second-order valence-electron chi connectivity index (χ2n) is 7.54. The van der Waals surface area contributed by atoms with Crippen molar-refractivity contribution >= 4 is 33.2 Å². The van der Waals surface area contributed by atoms with Crippen molar-refractivity contribution in [3.05, 3.63) is 23.2 Å². The Kier molecular flexibility index (Phi) is 4.66. The van der Waals surface area contributed by atoms with Crippen LogP contribution in [0.25, 0.3) is 0 Å². The van der Waals surface area contributed by atoms with Crippen molar-refractivity contribution in [1.82, 2.24) is 4.90 Å². The van der Waals surface area contributed by atoms with Gasteiger partial charge in [-0.2, -0.15) is 0 Å². The van der Waals surface area contributed by atoms with Crippen molar-refractivity contribution in [2.75, 3.05) is 30.2 Å². The zero-order chi connectivity index (χ0) is 18.4. The number of anilines is 1. The number of nitrogens with zero attached hydrogens (tertiary/aromatic N) is 2. The molecule has 1 aromatic carbocycles. The molecule has 6 nitrogen and oxygen atoms in total. The number of ether oxygens (including phenoxy) is 1. The molecular weight excluding hydrogens is 364 g/mol. The predicted molar refractivity (Wildman–Crippen MR) is 97.7 cm³/mol. The van der Waals surface area contributed by atoms with Gasteiger partial charge in [0.25, 0.3) is 5.91 Å². The minimum Gasteiger partial charge on any atom is -0.476 e. The summed E-state index contributed by atoms with van der Waals surface area (Å²) in [5.41, 5.74) is 0.433. The van der Waals surface area contributed by atoms with Crippen molar-refractivity contribution in [2.24, 2.45) is 5.41 Å². The standard InChI is InChI=1S/C17H23ClN2O4S/c1-17(2)7-4-8-19(11-17)16(21)15-10-20(25(3,22)23)13-9-12(18)5-6-14(13)24-15/h5-6,9,15H,4,7-8,10-11H2,1-3H3/t15-/m1/s1. The maximum atomic E-state index is 12.9. The molecule has 2 heterocycles. The maximum Gasteiger partial charge on any atom is 0.265 e. The lowest BCUT2D eigenvalue weighted by molar-refractivity contribution is -0.141. The Balaban J connectivity index is 1.89. The van der Waals surface area contributed by atoms with E-state index in [1.54, 1.807) is 23.1 Å². The van der Waals surface area contributed by atoms with Crippen LogP contribution in [0.2, 0.25) is 5.02 Å². The smallest absolute Gasteiger partial charge is 0.265 e. The van der Waals surface area contributed by atoms with Crippen LogP contribution in [0, 0.1) is 5.41 Å². The van der Waals surface area contributed by atoms with Crippen LogP contribution in [0.5, 0.6) is 5.75 Å². The van der Waals surface area contributed by atoms with Gasteiger partial charge in [0.05, 0.1) is 18.5 Å². The first-order chi connectivity index (χ1) is 11.6. The molecule has 138 valence electrons. The van der Waals surface area contributed by atoms with E-state index in [1.807, 2.05) is 0 Å². The van der Waals surface area contributed by atoms with Crippen molar-refractivity contribution in [3.8, 4) is 5.75 Å². The highest BCUT2D eigenvalue weighted by atomic mass is 35.5. The minimum atomic E-state index is -3.55. The van der Waals surface area contributed by atoms with E-state index in [9.17, 15) is 13.2 Å². The number of carbonyl (C=O) groups is 1. The van der Waals surface area contributed by atoms with E-state index in [2.05, 4.69) is 13.8 Å². The van der Waals surface area contributed by atoms with Crippen LogP contribution in [0.15, 0.2) is 18.2 Å². The lowest BCUT2D eigenvalue weighted by atomic mass is 9.84. The highest BCUT2D eigenvalue weighted by molar-refractivity contribution is 7.92. The molecule has 3 rings (SSSR count). The first-order valence-electron chi connectivity index (χ1n) is 8.30. The Morgan fingerprint density at radius 2 is 2.08 bits per heavy atom. The third-order valence-electron chi connectivity index (χ3n) is 4.68. The Morgan fingerprint density at radius 3 is 2.72 bits per heavy atom. The lowest BCUT2D eigenvalue weighted by Gasteiger charge is -2.41. The first-order valence-corrected chi connectivity index (χ1v) is 10.5. The van der Waals surface area contributed by atoms with E-state index in [0.29, 0.717) is 29.5 Å². The monoisotopic (exact) mass is 386 g/mol. The molecule has 1 fully saturated rings. The molecule has 2 aliphatic rings. The Morgan fingerprint density at radius 1 is 1.36 bits per heavy atom. The Hall–Kier alpha value is -1.47. The van der Waals surface area contributed by atoms with Gasteiger partial charge in [0, 0.05) is 18.1 Å². The molecule has 8 heteroatoms. The molecule has 0 unspecified atom stereocenters. The molecule has 0 N–H and O–H groups in total. The Bertz CT molecular complexity index is 794. The first kappa shape index (κ1) is 18.3. The summed E-state index contributed by atoms with van der Waals surface area (Å²) in [6.45, 7) is 5.55. The van der Waals surface area contributed by atoms with Gasteiger partial charge in [-0.15, -0.1) is 0 Å². The van der Waals surface area contributed by atoms with E-state index >= 15 is 0 Å². The third-order valence-corrected chi connectivity index (χ3v) is 6.06. The molecule has 0 spiro atoms. The summed E-state index contributed by atoms with van der Waals surface area (Å²) in [6, 6.07) is 4.77. The van der Waals surface area contributed by atoms with Crippen LogP contribution in [0.3, 0.4) is 0 Å². The lowest BCUT2D eigenvalue weighted by Crippen LogP contribution is -2.54. The predicted octanol–water partition coefficient (Wildman–Crippen LogP) is 2.52. The molecule has 1 saturated heterocycles. The summed E-state index contributed by atoms with van der Waals surface area (Å²) in [6.07, 6.45) is 2.28. The fourth-order valence-electron chi connectivity index (χ4n) is 3.48. The third kappa shape index (κ3) is 3.87. The van der Waals surface area contributed by atoms with Gasteiger partial charge in [-0.3, -0.25) is 9.10 Å². The largest absolute Gasteiger partial charge is 0.476 e. The van der Waals surface area contributed by atoms with Gasteiger partial charge in [-0.1, -0.05) is 25.4 Å². The van der Waals surface area contributed by atoms with E-state index < -0.39 is 16.1 Å². The summed E-state index contributed by atoms with van der Waals surface area (Å²) in [4.78, 5) is 14.7. The molecule has 0 aromatic heterocycles. The molecule has 1 amide bonds. The van der Waals surface area contributed by atoms with Gasteiger partial charge >= 0.3 is 0 Å². The molecular formula is C17H23ClN2O4S. The van der Waals surface area contributed by atoms with Crippen LogP contribution in [0.1, 0.15) is 26.7 Å². The summed E-state index contributed by atoms with van der Waals surface area (Å²) < 4.78 is 31.5. The number of carbonyl (C=O) groups excluding carboxylic acids is 1. The number of rotatable bonds is 2. The normalized spacial score (nSPS) is 23.0. The van der Waals surface area contributed by atoms with Gasteiger partial charge in [-0.05, 0) is 36.5 Å². The number of piperidine rings is 1. The number of amides is 1. The zero-order valence-corrected chi connectivity index (χ0v) is 16.2. The highest BCUT2D eigenvalue weighted by Gasteiger charge is 2.39. The van der Waals surface area contributed by atoms with Crippen molar-refractivity contribution in [2.45, 2.75) is 32.8 Å². The van der Waals surface area contributed by atoms with E-state index in [4.69, 9.17) is 16.3 Å². The van der Waals surface area contributed by atoms with E-state index in [0.717, 1.165) is 19.1 Å². The van der Waals surface area contributed by atoms with Gasteiger partial charge < -0.3 is 9.64 Å². The number of halogens is 1. The van der Waals surface area contributed by atoms with Gasteiger partial charge in [-0.25, -0.2) is 8.42 Å². The second kappa shape index (κ2) is 6.36. The van der Waals surface area contributed by atoms with Crippen LogP contribution < -0.4 is 9.04 Å². The number of benzene rings is 1. The minimum absolute atomic E-state index is 0.0397. The molecule has 1 aromatic rings. The van der Waals surface area contributed by atoms with Gasteiger partial charge in [0.1, 0.15) is 5.75 Å². The summed E-state index contributed by atoms with van der Waals surface area (Å²) >= 11 is 5.99. The van der Waals surface area contributed by atoms with Crippen LogP contribution in [-0.4, -0.2) is 51.2 Å². The van der Waals surface area contributed by atoms with Crippen molar-refractivity contribution < 1.29 is 17.9 Å². The fourth-order valence-corrected chi connectivity index (χ4v) is 4.55. The second-order valence-corrected chi connectivity index (χ2v) is 9.88. The summed E-state index contributed by atoms with van der Waals surface area (Å²) in [5.74, 6) is 0.192. The molecule has 25 heavy (non-hydrogen) atoms. The quantitative estimate of drug-likeness (QED) is 0.783. The number of hydrogen-bond acceptors (Lipinski definition) is 4. The molecule has 0 saturated carbocycles. The molecule has 0 radical (unpaired) electrons. The summed E-state index contributed by atoms with van der Waals surface area (Å²) in [7, 11) is -3.55. The van der Waals surface area contributed by atoms with E-state index in [1.165, 1.54) is 4.31 Å². The molecule has 0 bridgehead atoms. The van der Waals surface area contributed by atoms with Gasteiger partial charge in [0.2, 0.25) is 10.0 Å². The topological polar surface area (TPSA) is 66.9 Å². The van der Waals surface area contributed by atoms with Crippen molar-refractivity contribution in [3.63, 3.8) is 0 Å². The zero-order valence-electron chi connectivity index (χ0n) is 14.7. The average Bonchev–Trinajstić information content (AvgIpc) is 2.51. The number of likely N-dealkylation sites (tertiary alicyclic amines) is 1. The fraction of sp³-hybridized carbons (Fsp3) is 0.588. The maximum absolute atomic E-state index is 12.9. The average molecular weight is 387 g/mol. The summed E-state index contributed by atoms with van der Waals surface area (Å²) in [5, 5.41) is 0.415. The van der Waals surface area contributed by atoms with Crippen LogP contribution in [-0.2, 0) is 14.8 Å². The Labute approximate surface area is 153 Å². The molecule has 1 atom stereocenters. The number of fused-ring (bicyclic) bond motifs is 1. The van der Waals surface area contributed by atoms with E-state index in [-0.39, 0.29) is 17.9 Å².